The number of ether oxygens (including phenoxy) is 1. The maximum absolute atomic E-state index is 6.15. The Bertz CT molecular complexity index is 1080. The monoisotopic (exact) mass is 397 g/mol. The Morgan fingerprint density at radius 2 is 1.89 bits per heavy atom. The molecule has 0 atom stereocenters. The van der Waals surface area contributed by atoms with Crippen LogP contribution in [0.2, 0.25) is 10.0 Å². The Morgan fingerprint density at radius 1 is 1.00 bits per heavy atom. The molecule has 136 valence electrons. The van der Waals surface area contributed by atoms with E-state index in [0.29, 0.717) is 29.8 Å². The van der Waals surface area contributed by atoms with Crippen LogP contribution in [0.4, 0.5) is 0 Å². The molecule has 0 fully saturated rings. The van der Waals surface area contributed by atoms with Crippen molar-refractivity contribution >= 4 is 34.1 Å². The Hall–Kier alpha value is -2.40. The van der Waals surface area contributed by atoms with Gasteiger partial charge in [-0.25, -0.2) is 4.98 Å². The largest absolute Gasteiger partial charge is 0.375 e. The third-order valence-corrected chi connectivity index (χ3v) is 4.85. The van der Waals surface area contributed by atoms with Crippen molar-refractivity contribution in [3.63, 3.8) is 0 Å². The third-order valence-electron chi connectivity index (χ3n) is 4.26. The molecule has 0 N–H and O–H groups in total. The molecule has 2 aromatic heterocycles. The van der Waals surface area contributed by atoms with Crippen LogP contribution in [0, 0.1) is 0 Å². The fraction of sp³-hybridized carbons (Fsp3) is 0.143. The molecular formula is C21H17Cl2N3O. The molecule has 0 bridgehead atoms. The van der Waals surface area contributed by atoms with Crippen LogP contribution in [0.3, 0.4) is 0 Å². The highest BCUT2D eigenvalue weighted by atomic mass is 35.5. The van der Waals surface area contributed by atoms with Crippen LogP contribution < -0.4 is 0 Å². The van der Waals surface area contributed by atoms with Gasteiger partial charge in [0, 0.05) is 27.2 Å². The second kappa shape index (κ2) is 8.09. The molecule has 2 heterocycles. The van der Waals surface area contributed by atoms with Gasteiger partial charge in [0.15, 0.2) is 0 Å². The maximum atomic E-state index is 6.15. The van der Waals surface area contributed by atoms with Gasteiger partial charge in [-0.05, 0) is 29.8 Å². The lowest BCUT2D eigenvalue weighted by Gasteiger charge is -2.07. The number of hydrogen-bond donors (Lipinski definition) is 0. The van der Waals surface area contributed by atoms with Crippen LogP contribution in [0.15, 0.2) is 67.0 Å². The number of pyridine rings is 1. The Morgan fingerprint density at radius 3 is 2.78 bits per heavy atom. The molecule has 0 aliphatic rings. The smallest absolute Gasteiger partial charge is 0.0741 e. The first-order chi connectivity index (χ1) is 13.2. The zero-order chi connectivity index (χ0) is 18.6. The second-order valence-corrected chi connectivity index (χ2v) is 7.01. The number of nitrogens with zero attached hydrogens (tertiary/aromatic N) is 3. The minimum atomic E-state index is 0.441. The summed E-state index contributed by atoms with van der Waals surface area (Å²) in [5.74, 6) is 0. The highest BCUT2D eigenvalue weighted by Crippen LogP contribution is 2.22. The predicted octanol–water partition coefficient (Wildman–Crippen LogP) is 5.62. The molecule has 0 aliphatic carbocycles. The summed E-state index contributed by atoms with van der Waals surface area (Å²) in [5, 5.41) is 6.76. The number of fused-ring (bicyclic) bond motifs is 1. The first-order valence-corrected chi connectivity index (χ1v) is 9.35. The van der Waals surface area contributed by atoms with E-state index >= 15 is 0 Å². The van der Waals surface area contributed by atoms with E-state index in [-0.39, 0.29) is 0 Å². The van der Waals surface area contributed by atoms with E-state index in [0.717, 1.165) is 27.7 Å². The summed E-state index contributed by atoms with van der Waals surface area (Å²) >= 11 is 12.1. The van der Waals surface area contributed by atoms with Gasteiger partial charge in [0.1, 0.15) is 0 Å². The fourth-order valence-corrected chi connectivity index (χ4v) is 3.29. The predicted molar refractivity (Wildman–Crippen MR) is 109 cm³/mol. The summed E-state index contributed by atoms with van der Waals surface area (Å²) in [6, 6.07) is 17.6. The number of benzene rings is 2. The molecule has 4 aromatic rings. The van der Waals surface area contributed by atoms with Crippen molar-refractivity contribution in [3.8, 4) is 11.3 Å². The number of aromatic nitrogens is 3. The van der Waals surface area contributed by atoms with Crippen molar-refractivity contribution in [2.75, 3.05) is 6.61 Å². The lowest BCUT2D eigenvalue weighted by atomic mass is 10.1. The summed E-state index contributed by atoms with van der Waals surface area (Å²) in [5.41, 5.74) is 3.80. The summed E-state index contributed by atoms with van der Waals surface area (Å²) in [6.07, 6.45) is 3.81. The Balaban J connectivity index is 1.36. The lowest BCUT2D eigenvalue weighted by molar-refractivity contribution is 0.111. The van der Waals surface area contributed by atoms with Crippen LogP contribution in [-0.4, -0.2) is 21.4 Å². The fourth-order valence-electron chi connectivity index (χ4n) is 2.82. The van der Waals surface area contributed by atoms with Gasteiger partial charge < -0.3 is 4.74 Å². The number of para-hydroxylation sites is 1. The van der Waals surface area contributed by atoms with E-state index in [4.69, 9.17) is 32.9 Å². The Labute approximate surface area is 167 Å². The maximum Gasteiger partial charge on any atom is 0.0741 e. The summed E-state index contributed by atoms with van der Waals surface area (Å²) in [7, 11) is 0. The SMILES string of the molecule is Clc1ccc(COCCn2cc(-c3ccc4ccccc4n3)cn2)c(Cl)c1. The third kappa shape index (κ3) is 4.30. The first kappa shape index (κ1) is 18.0. The van der Waals surface area contributed by atoms with Crippen molar-refractivity contribution in [2.24, 2.45) is 0 Å². The molecule has 0 radical (unpaired) electrons. The molecule has 6 heteroatoms. The van der Waals surface area contributed by atoms with E-state index in [1.807, 2.05) is 53.5 Å². The minimum Gasteiger partial charge on any atom is -0.375 e. The van der Waals surface area contributed by atoms with E-state index in [2.05, 4.69) is 17.2 Å². The van der Waals surface area contributed by atoms with Crippen LogP contribution in [-0.2, 0) is 17.9 Å². The Kier molecular flexibility index (Phi) is 5.39. The molecule has 0 spiro atoms. The van der Waals surface area contributed by atoms with Crippen LogP contribution in [0.1, 0.15) is 5.56 Å². The van der Waals surface area contributed by atoms with Crippen LogP contribution in [0.5, 0.6) is 0 Å². The molecular weight excluding hydrogens is 381 g/mol. The van der Waals surface area contributed by atoms with Gasteiger partial charge in [-0.3, -0.25) is 4.68 Å². The zero-order valence-corrected chi connectivity index (χ0v) is 16.0. The van der Waals surface area contributed by atoms with Gasteiger partial charge >= 0.3 is 0 Å². The van der Waals surface area contributed by atoms with Crippen LogP contribution in [0.25, 0.3) is 22.2 Å². The summed E-state index contributed by atoms with van der Waals surface area (Å²) < 4.78 is 7.57. The number of halogens is 2. The van der Waals surface area contributed by atoms with Gasteiger partial charge in [-0.1, -0.05) is 53.5 Å². The minimum absolute atomic E-state index is 0.441. The van der Waals surface area contributed by atoms with Crippen molar-refractivity contribution in [1.82, 2.24) is 14.8 Å². The van der Waals surface area contributed by atoms with Gasteiger partial charge in [0.25, 0.3) is 0 Å². The van der Waals surface area contributed by atoms with E-state index in [1.165, 1.54) is 0 Å². The molecule has 0 saturated heterocycles. The van der Waals surface area contributed by atoms with E-state index < -0.39 is 0 Å². The van der Waals surface area contributed by atoms with E-state index in [9.17, 15) is 0 Å². The average molecular weight is 398 g/mol. The molecule has 2 aromatic carbocycles. The molecule has 4 rings (SSSR count). The standard InChI is InChI=1S/C21H17Cl2N3O/c22-18-7-5-16(19(23)11-18)14-27-10-9-26-13-17(12-24-26)21-8-6-15-3-1-2-4-20(15)25-21/h1-8,11-13H,9-10,14H2. The van der Waals surface area contributed by atoms with Gasteiger partial charge in [0.2, 0.25) is 0 Å². The molecule has 4 nitrogen and oxygen atoms in total. The zero-order valence-electron chi connectivity index (χ0n) is 14.5. The lowest BCUT2D eigenvalue weighted by Crippen LogP contribution is -2.06. The normalized spacial score (nSPS) is 11.2. The highest BCUT2D eigenvalue weighted by Gasteiger charge is 2.05. The summed E-state index contributed by atoms with van der Waals surface area (Å²) in [4.78, 5) is 4.70. The molecule has 0 unspecified atom stereocenters. The van der Waals surface area contributed by atoms with Crippen molar-refractivity contribution in [2.45, 2.75) is 13.2 Å². The molecule has 27 heavy (non-hydrogen) atoms. The van der Waals surface area contributed by atoms with Crippen molar-refractivity contribution in [1.29, 1.82) is 0 Å². The van der Waals surface area contributed by atoms with Crippen molar-refractivity contribution < 1.29 is 4.74 Å². The number of rotatable bonds is 6. The van der Waals surface area contributed by atoms with Gasteiger partial charge in [0.05, 0.1) is 37.2 Å². The molecule has 0 amide bonds. The van der Waals surface area contributed by atoms with E-state index in [1.54, 1.807) is 6.07 Å². The molecule has 0 aliphatic heterocycles. The van der Waals surface area contributed by atoms with Gasteiger partial charge in [-0.15, -0.1) is 0 Å². The quantitative estimate of drug-likeness (QED) is 0.396. The van der Waals surface area contributed by atoms with Crippen LogP contribution >= 0.6 is 23.2 Å². The van der Waals surface area contributed by atoms with Crippen molar-refractivity contribution in [3.05, 3.63) is 82.6 Å². The average Bonchev–Trinajstić information content (AvgIpc) is 3.15. The topological polar surface area (TPSA) is 39.9 Å². The first-order valence-electron chi connectivity index (χ1n) is 8.59. The second-order valence-electron chi connectivity index (χ2n) is 6.17. The summed E-state index contributed by atoms with van der Waals surface area (Å²) in [6.45, 7) is 1.63. The van der Waals surface area contributed by atoms with Gasteiger partial charge in [-0.2, -0.15) is 5.10 Å². The molecule has 0 saturated carbocycles. The number of hydrogen-bond acceptors (Lipinski definition) is 3. The highest BCUT2D eigenvalue weighted by molar-refractivity contribution is 6.35.